The lowest BCUT2D eigenvalue weighted by molar-refractivity contribution is 0.140. The molecule has 0 radical (unpaired) electrons. The van der Waals surface area contributed by atoms with Crippen molar-refractivity contribution in [1.82, 2.24) is 10.2 Å². The van der Waals surface area contributed by atoms with Crippen LogP contribution in [0.4, 0.5) is 0 Å². The van der Waals surface area contributed by atoms with E-state index in [0.717, 1.165) is 39.3 Å². The maximum Gasteiger partial charge on any atom is 0.108 e. The molecule has 1 saturated heterocycles. The van der Waals surface area contributed by atoms with Crippen LogP contribution in [0.2, 0.25) is 0 Å². The second kappa shape index (κ2) is 5.92. The molecule has 0 saturated carbocycles. The fourth-order valence-corrected chi connectivity index (χ4v) is 1.44. The molecule has 4 heteroatoms. The van der Waals surface area contributed by atoms with Gasteiger partial charge in [0.2, 0.25) is 0 Å². The molecular formula is C9H17N3O. The maximum atomic E-state index is 8.76. The van der Waals surface area contributed by atoms with E-state index in [9.17, 15) is 0 Å². The van der Waals surface area contributed by atoms with Gasteiger partial charge in [0.1, 0.15) is 6.04 Å². The molecule has 1 heterocycles. The third-order valence-corrected chi connectivity index (χ3v) is 2.26. The highest BCUT2D eigenvalue weighted by Gasteiger charge is 2.13. The minimum Gasteiger partial charge on any atom is -0.380 e. The van der Waals surface area contributed by atoms with Gasteiger partial charge in [0.05, 0.1) is 12.7 Å². The van der Waals surface area contributed by atoms with Crippen LogP contribution in [0.15, 0.2) is 0 Å². The van der Waals surface area contributed by atoms with Gasteiger partial charge in [-0.25, -0.2) is 0 Å². The quantitative estimate of drug-likeness (QED) is 0.659. The summed E-state index contributed by atoms with van der Waals surface area (Å²) in [6, 6.07) is 2.17. The van der Waals surface area contributed by atoms with E-state index in [2.05, 4.69) is 16.3 Å². The normalized spacial score (nSPS) is 21.8. The van der Waals surface area contributed by atoms with Crippen molar-refractivity contribution in [2.45, 2.75) is 12.5 Å². The summed E-state index contributed by atoms with van der Waals surface area (Å²) >= 11 is 0. The van der Waals surface area contributed by atoms with Gasteiger partial charge in [-0.3, -0.25) is 4.90 Å². The van der Waals surface area contributed by atoms with E-state index in [0.29, 0.717) is 0 Å². The summed E-state index contributed by atoms with van der Waals surface area (Å²) in [5.74, 6) is 0. The van der Waals surface area contributed by atoms with Crippen molar-refractivity contribution in [2.24, 2.45) is 0 Å². The Labute approximate surface area is 79.5 Å². The Morgan fingerprint density at radius 3 is 3.08 bits per heavy atom. The second-order valence-electron chi connectivity index (χ2n) is 3.24. The van der Waals surface area contributed by atoms with Crippen molar-refractivity contribution in [3.63, 3.8) is 0 Å². The minimum atomic E-state index is -0.0573. The van der Waals surface area contributed by atoms with E-state index in [1.54, 1.807) is 0 Å². The van der Waals surface area contributed by atoms with Gasteiger partial charge in [-0.2, -0.15) is 5.26 Å². The molecule has 1 aliphatic heterocycles. The standard InChI is InChI=1S/C9H17N3O/c1-11-9(7-10)8-12-3-2-5-13-6-4-12/h9,11H,2-6,8H2,1H3. The van der Waals surface area contributed by atoms with Crippen molar-refractivity contribution in [3.05, 3.63) is 0 Å². The van der Waals surface area contributed by atoms with Gasteiger partial charge in [0, 0.05) is 26.2 Å². The third kappa shape index (κ3) is 3.73. The Morgan fingerprint density at radius 1 is 1.54 bits per heavy atom. The molecule has 1 N–H and O–H groups in total. The first-order chi connectivity index (χ1) is 6.36. The van der Waals surface area contributed by atoms with Crippen LogP contribution in [-0.4, -0.2) is 50.8 Å². The molecular weight excluding hydrogens is 166 g/mol. The Hall–Kier alpha value is -0.630. The van der Waals surface area contributed by atoms with Crippen LogP contribution < -0.4 is 5.32 Å². The maximum absolute atomic E-state index is 8.76. The molecule has 1 aliphatic rings. The van der Waals surface area contributed by atoms with Crippen molar-refractivity contribution >= 4 is 0 Å². The largest absolute Gasteiger partial charge is 0.380 e. The zero-order chi connectivity index (χ0) is 9.52. The molecule has 13 heavy (non-hydrogen) atoms. The molecule has 1 unspecified atom stereocenters. The molecule has 1 fully saturated rings. The SMILES string of the molecule is CNC(C#N)CN1CCCOCC1. The summed E-state index contributed by atoms with van der Waals surface area (Å²) in [5, 5.41) is 11.7. The molecule has 0 aromatic heterocycles. The molecule has 0 spiro atoms. The molecule has 0 amide bonds. The lowest BCUT2D eigenvalue weighted by Crippen LogP contribution is -2.39. The smallest absolute Gasteiger partial charge is 0.108 e. The predicted molar refractivity (Wildman–Crippen MR) is 50.3 cm³/mol. The Bertz CT molecular complexity index is 170. The van der Waals surface area contributed by atoms with E-state index in [1.165, 1.54) is 0 Å². The Morgan fingerprint density at radius 2 is 2.38 bits per heavy atom. The van der Waals surface area contributed by atoms with Crippen LogP contribution in [-0.2, 0) is 4.74 Å². The van der Waals surface area contributed by atoms with Gasteiger partial charge in [0.25, 0.3) is 0 Å². The van der Waals surface area contributed by atoms with Crippen molar-refractivity contribution < 1.29 is 4.74 Å². The molecule has 0 aromatic carbocycles. The zero-order valence-electron chi connectivity index (χ0n) is 8.12. The highest BCUT2D eigenvalue weighted by atomic mass is 16.5. The number of nitrogens with zero attached hydrogens (tertiary/aromatic N) is 2. The van der Waals surface area contributed by atoms with Gasteiger partial charge in [-0.05, 0) is 13.5 Å². The fourth-order valence-electron chi connectivity index (χ4n) is 1.44. The molecule has 4 nitrogen and oxygen atoms in total. The van der Waals surface area contributed by atoms with Gasteiger partial charge >= 0.3 is 0 Å². The number of rotatable bonds is 3. The first kappa shape index (κ1) is 10.5. The molecule has 74 valence electrons. The lowest BCUT2D eigenvalue weighted by atomic mass is 10.3. The monoisotopic (exact) mass is 183 g/mol. The first-order valence-corrected chi connectivity index (χ1v) is 4.74. The number of hydrogen-bond donors (Lipinski definition) is 1. The molecule has 1 atom stereocenters. The highest BCUT2D eigenvalue weighted by Crippen LogP contribution is 1.99. The number of hydrogen-bond acceptors (Lipinski definition) is 4. The Kier molecular flexibility index (Phi) is 4.76. The van der Waals surface area contributed by atoms with Crippen LogP contribution in [0.5, 0.6) is 0 Å². The zero-order valence-corrected chi connectivity index (χ0v) is 8.12. The molecule has 0 aromatic rings. The van der Waals surface area contributed by atoms with Crippen molar-refractivity contribution in [1.29, 1.82) is 5.26 Å². The van der Waals surface area contributed by atoms with Crippen molar-refractivity contribution in [3.8, 4) is 6.07 Å². The Balaban J connectivity index is 2.29. The summed E-state index contributed by atoms with van der Waals surface area (Å²) < 4.78 is 5.33. The van der Waals surface area contributed by atoms with E-state index in [4.69, 9.17) is 10.00 Å². The average molecular weight is 183 g/mol. The second-order valence-corrected chi connectivity index (χ2v) is 3.24. The van der Waals surface area contributed by atoms with E-state index < -0.39 is 0 Å². The summed E-state index contributed by atoms with van der Waals surface area (Å²) in [7, 11) is 1.82. The molecule has 0 bridgehead atoms. The average Bonchev–Trinajstić information content (AvgIpc) is 2.42. The van der Waals surface area contributed by atoms with Gasteiger partial charge in [-0.1, -0.05) is 0 Å². The molecule has 0 aliphatic carbocycles. The van der Waals surface area contributed by atoms with Crippen LogP contribution in [0.25, 0.3) is 0 Å². The number of likely N-dealkylation sites (N-methyl/N-ethyl adjacent to an activating group) is 1. The number of nitriles is 1. The lowest BCUT2D eigenvalue weighted by Gasteiger charge is -2.21. The summed E-state index contributed by atoms with van der Waals surface area (Å²) in [6.45, 7) is 4.44. The van der Waals surface area contributed by atoms with Crippen LogP contribution in [0.3, 0.4) is 0 Å². The summed E-state index contributed by atoms with van der Waals surface area (Å²) in [5.41, 5.74) is 0. The van der Waals surface area contributed by atoms with E-state index in [1.807, 2.05) is 7.05 Å². The molecule has 1 rings (SSSR count). The predicted octanol–water partition coefficient (Wildman–Crippen LogP) is -0.180. The van der Waals surface area contributed by atoms with E-state index in [-0.39, 0.29) is 6.04 Å². The van der Waals surface area contributed by atoms with Crippen LogP contribution in [0, 0.1) is 11.3 Å². The van der Waals surface area contributed by atoms with Crippen LogP contribution >= 0.6 is 0 Å². The van der Waals surface area contributed by atoms with Gasteiger partial charge < -0.3 is 10.1 Å². The number of nitrogens with one attached hydrogen (secondary N) is 1. The fraction of sp³-hybridized carbons (Fsp3) is 0.889. The number of ether oxygens (including phenoxy) is 1. The third-order valence-electron chi connectivity index (χ3n) is 2.26. The summed E-state index contributed by atoms with van der Waals surface area (Å²) in [4.78, 5) is 2.28. The minimum absolute atomic E-state index is 0.0573. The first-order valence-electron chi connectivity index (χ1n) is 4.74. The van der Waals surface area contributed by atoms with Crippen LogP contribution in [0.1, 0.15) is 6.42 Å². The van der Waals surface area contributed by atoms with Gasteiger partial charge in [-0.15, -0.1) is 0 Å². The van der Waals surface area contributed by atoms with Crippen molar-refractivity contribution in [2.75, 3.05) is 39.9 Å². The van der Waals surface area contributed by atoms with Gasteiger partial charge in [0.15, 0.2) is 0 Å². The summed E-state index contributed by atoms with van der Waals surface area (Å²) in [6.07, 6.45) is 1.07. The topological polar surface area (TPSA) is 48.3 Å². The van der Waals surface area contributed by atoms with E-state index >= 15 is 0 Å². The highest BCUT2D eigenvalue weighted by molar-refractivity contribution is 4.91.